The molecule has 0 spiro atoms. The Bertz CT molecular complexity index is 1190. The minimum Gasteiger partial charge on any atom is -0.497 e. The Morgan fingerprint density at radius 3 is 2.43 bits per heavy atom. The van der Waals surface area contributed by atoms with Crippen LogP contribution in [0.3, 0.4) is 0 Å². The Balaban J connectivity index is 1.23. The van der Waals surface area contributed by atoms with Gasteiger partial charge in [-0.3, -0.25) is 14.4 Å². The first-order valence-corrected chi connectivity index (χ1v) is 11.4. The predicted molar refractivity (Wildman–Crippen MR) is 133 cm³/mol. The van der Waals surface area contributed by atoms with E-state index >= 15 is 0 Å². The first-order valence-electron chi connectivity index (χ1n) is 11.4. The Morgan fingerprint density at radius 2 is 1.74 bits per heavy atom. The van der Waals surface area contributed by atoms with Crippen LogP contribution in [0.5, 0.6) is 11.5 Å². The minimum absolute atomic E-state index is 0.149. The number of hydrogen-bond acceptors (Lipinski definition) is 5. The summed E-state index contributed by atoms with van der Waals surface area (Å²) in [6.07, 6.45) is 1.48. The second kappa shape index (κ2) is 11.2. The fourth-order valence-electron chi connectivity index (χ4n) is 3.75. The van der Waals surface area contributed by atoms with E-state index in [1.54, 1.807) is 60.5 Å². The zero-order chi connectivity index (χ0) is 24.6. The topological polar surface area (TPSA) is 97.0 Å². The highest BCUT2D eigenvalue weighted by atomic mass is 16.5. The summed E-state index contributed by atoms with van der Waals surface area (Å²) >= 11 is 0. The third kappa shape index (κ3) is 6.38. The maximum Gasteiger partial charge on any atom is 0.262 e. The van der Waals surface area contributed by atoms with Crippen molar-refractivity contribution in [3.63, 3.8) is 0 Å². The molecule has 180 valence electrons. The van der Waals surface area contributed by atoms with E-state index < -0.39 is 0 Å². The number of hydrogen-bond donors (Lipinski definition) is 2. The van der Waals surface area contributed by atoms with E-state index in [-0.39, 0.29) is 24.3 Å². The van der Waals surface area contributed by atoms with Crippen molar-refractivity contribution in [3.05, 3.63) is 83.9 Å². The van der Waals surface area contributed by atoms with Crippen molar-refractivity contribution >= 4 is 29.1 Å². The van der Waals surface area contributed by atoms with Crippen molar-refractivity contribution in [2.75, 3.05) is 30.5 Å². The van der Waals surface area contributed by atoms with Crippen LogP contribution in [0.4, 0.5) is 11.4 Å². The molecule has 1 fully saturated rings. The average molecular weight is 474 g/mol. The van der Waals surface area contributed by atoms with Gasteiger partial charge in [-0.15, -0.1) is 0 Å². The van der Waals surface area contributed by atoms with E-state index in [1.165, 1.54) is 0 Å². The predicted octanol–water partition coefficient (Wildman–Crippen LogP) is 3.77. The first-order chi connectivity index (χ1) is 17.0. The number of benzene rings is 3. The molecule has 3 aromatic carbocycles. The largest absolute Gasteiger partial charge is 0.497 e. The molecule has 0 atom stereocenters. The van der Waals surface area contributed by atoms with Gasteiger partial charge in [-0.2, -0.15) is 0 Å². The quantitative estimate of drug-likeness (QED) is 0.493. The second-order valence-corrected chi connectivity index (χ2v) is 8.09. The molecule has 0 radical (unpaired) electrons. The van der Waals surface area contributed by atoms with E-state index in [9.17, 15) is 14.4 Å². The molecule has 1 saturated heterocycles. The van der Waals surface area contributed by atoms with Gasteiger partial charge < -0.3 is 25.0 Å². The van der Waals surface area contributed by atoms with E-state index in [4.69, 9.17) is 9.47 Å². The van der Waals surface area contributed by atoms with Crippen molar-refractivity contribution in [1.82, 2.24) is 5.32 Å². The Labute approximate surface area is 203 Å². The molecule has 35 heavy (non-hydrogen) atoms. The summed E-state index contributed by atoms with van der Waals surface area (Å²) < 4.78 is 10.7. The van der Waals surface area contributed by atoms with Gasteiger partial charge in [0.1, 0.15) is 11.5 Å². The van der Waals surface area contributed by atoms with Gasteiger partial charge in [0, 0.05) is 42.5 Å². The number of rotatable bonds is 9. The lowest BCUT2D eigenvalue weighted by atomic mass is 10.1. The fourth-order valence-corrected chi connectivity index (χ4v) is 3.75. The van der Waals surface area contributed by atoms with Crippen LogP contribution in [0.25, 0.3) is 0 Å². The number of carbonyl (C=O) groups excluding carboxylic acids is 3. The Kier molecular flexibility index (Phi) is 7.62. The van der Waals surface area contributed by atoms with E-state index in [0.29, 0.717) is 35.7 Å². The first kappa shape index (κ1) is 23.8. The summed E-state index contributed by atoms with van der Waals surface area (Å²) in [5.74, 6) is 0.754. The van der Waals surface area contributed by atoms with Crippen LogP contribution in [0.15, 0.2) is 72.8 Å². The SMILES string of the molecule is COc1cccc(NC(=O)COc2ccc(C(=O)NCc3ccc(N4CCCC4=O)cc3)cc2)c1. The fraction of sp³-hybridized carbons (Fsp3) is 0.222. The van der Waals surface area contributed by atoms with Crippen molar-refractivity contribution < 1.29 is 23.9 Å². The molecule has 3 amide bonds. The zero-order valence-corrected chi connectivity index (χ0v) is 19.5. The highest BCUT2D eigenvalue weighted by molar-refractivity contribution is 5.95. The molecule has 1 heterocycles. The van der Waals surface area contributed by atoms with Crippen LogP contribution in [0, 0.1) is 0 Å². The van der Waals surface area contributed by atoms with Crippen molar-refractivity contribution in [3.8, 4) is 11.5 Å². The lowest BCUT2D eigenvalue weighted by Crippen LogP contribution is -2.24. The van der Waals surface area contributed by atoms with Crippen LogP contribution in [-0.2, 0) is 16.1 Å². The van der Waals surface area contributed by atoms with Crippen molar-refractivity contribution in [1.29, 1.82) is 0 Å². The van der Waals surface area contributed by atoms with Gasteiger partial charge in [0.25, 0.3) is 11.8 Å². The summed E-state index contributed by atoms with van der Waals surface area (Å²) in [4.78, 5) is 38.3. The smallest absolute Gasteiger partial charge is 0.262 e. The summed E-state index contributed by atoms with van der Waals surface area (Å²) in [6, 6.07) is 21.3. The zero-order valence-electron chi connectivity index (χ0n) is 19.5. The van der Waals surface area contributed by atoms with Gasteiger partial charge in [0.15, 0.2) is 6.61 Å². The van der Waals surface area contributed by atoms with Crippen LogP contribution >= 0.6 is 0 Å². The van der Waals surface area contributed by atoms with Crippen LogP contribution in [0.2, 0.25) is 0 Å². The number of nitrogens with one attached hydrogen (secondary N) is 2. The molecule has 1 aliphatic rings. The molecule has 2 N–H and O–H groups in total. The van der Waals surface area contributed by atoms with Crippen LogP contribution in [0.1, 0.15) is 28.8 Å². The molecule has 8 nitrogen and oxygen atoms in total. The molecule has 0 aliphatic carbocycles. The molecular weight excluding hydrogens is 446 g/mol. The lowest BCUT2D eigenvalue weighted by molar-refractivity contribution is -0.118. The molecule has 3 aromatic rings. The Hall–Kier alpha value is -4.33. The third-order valence-corrected chi connectivity index (χ3v) is 5.61. The molecule has 1 aliphatic heterocycles. The monoisotopic (exact) mass is 473 g/mol. The number of nitrogens with zero attached hydrogens (tertiary/aromatic N) is 1. The van der Waals surface area contributed by atoms with Crippen LogP contribution < -0.4 is 25.0 Å². The molecule has 4 rings (SSSR count). The number of methoxy groups -OCH3 is 1. The summed E-state index contributed by atoms with van der Waals surface area (Å²) in [5, 5.41) is 5.63. The van der Waals surface area contributed by atoms with Gasteiger partial charge in [-0.25, -0.2) is 0 Å². The molecule has 0 saturated carbocycles. The highest BCUT2D eigenvalue weighted by Gasteiger charge is 2.21. The third-order valence-electron chi connectivity index (χ3n) is 5.61. The molecule has 0 aromatic heterocycles. The van der Waals surface area contributed by atoms with Gasteiger partial charge in [-0.05, 0) is 60.5 Å². The number of carbonyl (C=O) groups is 3. The maximum atomic E-state index is 12.5. The summed E-state index contributed by atoms with van der Waals surface area (Å²) in [5.41, 5.74) is 2.92. The van der Waals surface area contributed by atoms with E-state index in [0.717, 1.165) is 24.2 Å². The lowest BCUT2D eigenvalue weighted by Gasteiger charge is -2.16. The Morgan fingerprint density at radius 1 is 0.971 bits per heavy atom. The molecular formula is C27H27N3O5. The standard InChI is InChI=1S/C27H27N3O5/c1-34-24-5-2-4-21(16-24)29-25(31)18-35-23-13-9-20(10-14-23)27(33)28-17-19-7-11-22(12-8-19)30-15-3-6-26(30)32/h2,4-5,7-14,16H,3,6,15,17-18H2,1H3,(H,28,33)(H,29,31). The molecule has 0 bridgehead atoms. The van der Waals surface area contributed by atoms with Crippen LogP contribution in [-0.4, -0.2) is 38.0 Å². The minimum atomic E-state index is -0.305. The normalized spacial score (nSPS) is 12.8. The summed E-state index contributed by atoms with van der Waals surface area (Å²) in [7, 11) is 1.56. The molecule has 8 heteroatoms. The number of amides is 3. The van der Waals surface area contributed by atoms with E-state index in [2.05, 4.69) is 10.6 Å². The van der Waals surface area contributed by atoms with Gasteiger partial charge in [0.05, 0.1) is 7.11 Å². The second-order valence-electron chi connectivity index (χ2n) is 8.09. The highest BCUT2D eigenvalue weighted by Crippen LogP contribution is 2.22. The van der Waals surface area contributed by atoms with Crippen molar-refractivity contribution in [2.24, 2.45) is 0 Å². The van der Waals surface area contributed by atoms with E-state index in [1.807, 2.05) is 24.3 Å². The van der Waals surface area contributed by atoms with Gasteiger partial charge in [-0.1, -0.05) is 18.2 Å². The molecule has 0 unspecified atom stereocenters. The van der Waals surface area contributed by atoms with Crippen molar-refractivity contribution in [2.45, 2.75) is 19.4 Å². The number of ether oxygens (including phenoxy) is 2. The van der Waals surface area contributed by atoms with Gasteiger partial charge in [0.2, 0.25) is 5.91 Å². The van der Waals surface area contributed by atoms with Gasteiger partial charge >= 0.3 is 0 Å². The number of anilines is 2. The average Bonchev–Trinajstić information content (AvgIpc) is 3.32. The maximum absolute atomic E-state index is 12.5. The summed E-state index contributed by atoms with van der Waals surface area (Å²) in [6.45, 7) is 0.957.